The number of hydrogen-bond acceptors (Lipinski definition) is 2. The van der Waals surface area contributed by atoms with Crippen LogP contribution in [0.4, 0.5) is 4.39 Å². The van der Waals surface area contributed by atoms with Crippen molar-refractivity contribution in [3.63, 3.8) is 0 Å². The second-order valence-electron chi connectivity index (χ2n) is 2.62. The van der Waals surface area contributed by atoms with Crippen LogP contribution in [0.2, 0.25) is 0 Å². The van der Waals surface area contributed by atoms with Crippen molar-refractivity contribution in [2.75, 3.05) is 6.61 Å². The van der Waals surface area contributed by atoms with Gasteiger partial charge >= 0.3 is 5.97 Å². The zero-order valence-electron chi connectivity index (χ0n) is 7.17. The first-order valence-electron chi connectivity index (χ1n) is 3.83. The summed E-state index contributed by atoms with van der Waals surface area (Å²) in [6.45, 7) is -0.312. The molecule has 5 heteroatoms. The lowest BCUT2D eigenvalue weighted by Gasteiger charge is -2.04. The first-order valence-corrected chi connectivity index (χ1v) is 4.62. The average Bonchev–Trinajstić information content (AvgIpc) is 2.10. The van der Waals surface area contributed by atoms with Gasteiger partial charge in [0.05, 0.1) is 6.61 Å². The van der Waals surface area contributed by atoms with E-state index in [2.05, 4.69) is 15.9 Å². The van der Waals surface area contributed by atoms with E-state index < -0.39 is 5.97 Å². The van der Waals surface area contributed by atoms with Crippen molar-refractivity contribution in [1.29, 1.82) is 0 Å². The Labute approximate surface area is 88.6 Å². The Kier molecular flexibility index (Phi) is 4.03. The third-order valence-electron chi connectivity index (χ3n) is 1.49. The van der Waals surface area contributed by atoms with Crippen molar-refractivity contribution in [3.05, 3.63) is 34.1 Å². The minimum absolute atomic E-state index is 0.0741. The molecule has 0 atom stereocenters. The molecule has 0 aliphatic rings. The molecule has 3 nitrogen and oxygen atoms in total. The van der Waals surface area contributed by atoms with Crippen LogP contribution in [0.5, 0.6) is 0 Å². The van der Waals surface area contributed by atoms with Gasteiger partial charge in [-0.3, -0.25) is 0 Å². The summed E-state index contributed by atoms with van der Waals surface area (Å²) in [5.41, 5.74) is 0.589. The van der Waals surface area contributed by atoms with Crippen LogP contribution in [0.1, 0.15) is 5.56 Å². The molecule has 1 N–H and O–H groups in total. The highest BCUT2D eigenvalue weighted by molar-refractivity contribution is 9.10. The number of hydrogen-bond donors (Lipinski definition) is 1. The van der Waals surface area contributed by atoms with Crippen LogP contribution in [0.25, 0.3) is 0 Å². The van der Waals surface area contributed by atoms with E-state index in [4.69, 9.17) is 9.84 Å². The number of halogens is 2. The lowest BCUT2D eigenvalue weighted by Crippen LogP contribution is -2.07. The standard InChI is InChI=1S/C9H8BrFO3/c10-8-2-1-7(11)3-6(8)4-14-5-9(12)13/h1-3H,4-5H2,(H,12,13). The van der Waals surface area contributed by atoms with Gasteiger partial charge in [0.1, 0.15) is 12.4 Å². The number of carboxylic acid groups (broad SMARTS) is 1. The van der Waals surface area contributed by atoms with Gasteiger partial charge in [0, 0.05) is 4.47 Å². The normalized spacial score (nSPS) is 10.1. The molecule has 1 aromatic carbocycles. The van der Waals surface area contributed by atoms with Gasteiger partial charge in [-0.1, -0.05) is 15.9 Å². The molecule has 0 fully saturated rings. The fourth-order valence-corrected chi connectivity index (χ4v) is 1.26. The van der Waals surface area contributed by atoms with Crippen molar-refractivity contribution >= 4 is 21.9 Å². The summed E-state index contributed by atoms with van der Waals surface area (Å²) < 4.78 is 18.3. The molecule has 0 saturated heterocycles. The number of ether oxygens (including phenoxy) is 1. The number of benzene rings is 1. The Morgan fingerprint density at radius 3 is 2.93 bits per heavy atom. The Morgan fingerprint density at radius 1 is 1.57 bits per heavy atom. The third-order valence-corrected chi connectivity index (χ3v) is 2.26. The SMILES string of the molecule is O=C(O)COCc1cc(F)ccc1Br. The maximum Gasteiger partial charge on any atom is 0.329 e. The molecule has 0 aromatic heterocycles. The summed E-state index contributed by atoms with van der Waals surface area (Å²) in [6, 6.07) is 4.16. The minimum atomic E-state index is -1.04. The van der Waals surface area contributed by atoms with Gasteiger partial charge < -0.3 is 9.84 Å². The monoisotopic (exact) mass is 262 g/mol. The molecule has 0 radical (unpaired) electrons. The van der Waals surface area contributed by atoms with Crippen LogP contribution in [0.3, 0.4) is 0 Å². The topological polar surface area (TPSA) is 46.5 Å². The van der Waals surface area contributed by atoms with Gasteiger partial charge in [-0.05, 0) is 23.8 Å². The molecule has 0 spiro atoms. The van der Waals surface area contributed by atoms with Crippen molar-refractivity contribution in [2.24, 2.45) is 0 Å². The molecular weight excluding hydrogens is 255 g/mol. The van der Waals surface area contributed by atoms with Crippen LogP contribution in [0, 0.1) is 5.82 Å². The highest BCUT2D eigenvalue weighted by atomic mass is 79.9. The molecule has 0 aliphatic carbocycles. The van der Waals surface area contributed by atoms with Crippen LogP contribution in [-0.2, 0) is 16.1 Å². The Balaban J connectivity index is 2.57. The van der Waals surface area contributed by atoms with E-state index in [0.29, 0.717) is 10.0 Å². The summed E-state index contributed by atoms with van der Waals surface area (Å²) in [5.74, 6) is -1.42. The molecule has 14 heavy (non-hydrogen) atoms. The summed E-state index contributed by atoms with van der Waals surface area (Å²) in [5, 5.41) is 8.30. The van der Waals surface area contributed by atoms with E-state index in [-0.39, 0.29) is 19.0 Å². The quantitative estimate of drug-likeness (QED) is 0.905. The lowest BCUT2D eigenvalue weighted by molar-refractivity contribution is -0.142. The largest absolute Gasteiger partial charge is 0.480 e. The van der Waals surface area contributed by atoms with Crippen molar-refractivity contribution in [2.45, 2.75) is 6.61 Å². The predicted molar refractivity (Wildman–Crippen MR) is 51.4 cm³/mol. The van der Waals surface area contributed by atoms with Gasteiger partial charge in [-0.15, -0.1) is 0 Å². The van der Waals surface area contributed by atoms with E-state index >= 15 is 0 Å². The molecule has 0 aliphatic heterocycles. The Hall–Kier alpha value is -0.940. The third kappa shape index (κ3) is 3.43. The number of aliphatic carboxylic acids is 1. The zero-order chi connectivity index (χ0) is 10.6. The van der Waals surface area contributed by atoms with E-state index in [1.54, 1.807) is 6.07 Å². The summed E-state index contributed by atoms with van der Waals surface area (Å²) >= 11 is 3.20. The highest BCUT2D eigenvalue weighted by Crippen LogP contribution is 2.18. The molecule has 76 valence electrons. The van der Waals surface area contributed by atoms with Crippen molar-refractivity contribution < 1.29 is 19.0 Å². The molecule has 0 saturated carbocycles. The van der Waals surface area contributed by atoms with Gasteiger partial charge in [-0.25, -0.2) is 9.18 Å². The fraction of sp³-hybridized carbons (Fsp3) is 0.222. The summed E-state index contributed by atoms with van der Waals surface area (Å²) in [6.07, 6.45) is 0. The van der Waals surface area contributed by atoms with E-state index in [0.717, 1.165) is 0 Å². The smallest absolute Gasteiger partial charge is 0.329 e. The molecule has 0 amide bonds. The first-order chi connectivity index (χ1) is 6.59. The van der Waals surface area contributed by atoms with Crippen LogP contribution >= 0.6 is 15.9 Å². The maximum atomic E-state index is 12.7. The first kappa shape index (κ1) is 11.1. The number of carboxylic acids is 1. The van der Waals surface area contributed by atoms with Gasteiger partial charge in [0.2, 0.25) is 0 Å². The number of rotatable bonds is 4. The molecule has 0 unspecified atom stereocenters. The van der Waals surface area contributed by atoms with Crippen molar-refractivity contribution in [1.82, 2.24) is 0 Å². The van der Waals surface area contributed by atoms with E-state index in [9.17, 15) is 9.18 Å². The second kappa shape index (κ2) is 5.07. The number of carbonyl (C=O) groups is 1. The van der Waals surface area contributed by atoms with Gasteiger partial charge in [0.25, 0.3) is 0 Å². The maximum absolute atomic E-state index is 12.7. The van der Waals surface area contributed by atoms with Gasteiger partial charge in [-0.2, -0.15) is 0 Å². The molecule has 1 aromatic rings. The van der Waals surface area contributed by atoms with Crippen LogP contribution < -0.4 is 0 Å². The Morgan fingerprint density at radius 2 is 2.29 bits per heavy atom. The minimum Gasteiger partial charge on any atom is -0.480 e. The Bertz CT molecular complexity index is 341. The second-order valence-corrected chi connectivity index (χ2v) is 3.48. The fourth-order valence-electron chi connectivity index (χ4n) is 0.902. The van der Waals surface area contributed by atoms with Crippen LogP contribution in [-0.4, -0.2) is 17.7 Å². The summed E-state index contributed by atoms with van der Waals surface area (Å²) in [4.78, 5) is 10.1. The zero-order valence-corrected chi connectivity index (χ0v) is 8.75. The lowest BCUT2D eigenvalue weighted by atomic mass is 10.2. The highest BCUT2D eigenvalue weighted by Gasteiger charge is 2.03. The average molecular weight is 263 g/mol. The predicted octanol–water partition coefficient (Wildman–Crippen LogP) is 2.19. The van der Waals surface area contributed by atoms with Crippen LogP contribution in [0.15, 0.2) is 22.7 Å². The van der Waals surface area contributed by atoms with Crippen molar-refractivity contribution in [3.8, 4) is 0 Å². The van der Waals surface area contributed by atoms with E-state index in [1.807, 2.05) is 0 Å². The molecule has 0 bridgehead atoms. The molecular formula is C9H8BrFO3. The molecule has 1 rings (SSSR count). The van der Waals surface area contributed by atoms with Gasteiger partial charge in [0.15, 0.2) is 0 Å². The molecule has 0 heterocycles. The van der Waals surface area contributed by atoms with E-state index in [1.165, 1.54) is 12.1 Å². The summed E-state index contributed by atoms with van der Waals surface area (Å²) in [7, 11) is 0.